The summed E-state index contributed by atoms with van der Waals surface area (Å²) in [6, 6.07) is 20.4. The van der Waals surface area contributed by atoms with E-state index in [1.54, 1.807) is 30.3 Å². The monoisotopic (exact) mass is 444 g/mol. The van der Waals surface area contributed by atoms with E-state index in [0.29, 0.717) is 17.1 Å². The van der Waals surface area contributed by atoms with Gasteiger partial charge in [-0.05, 0) is 61.7 Å². The van der Waals surface area contributed by atoms with Crippen LogP contribution >= 0.6 is 0 Å². The van der Waals surface area contributed by atoms with Gasteiger partial charge < -0.3 is 16.0 Å². The minimum Gasteiger partial charge on any atom is -0.350 e. The van der Waals surface area contributed by atoms with Gasteiger partial charge in [0, 0.05) is 28.9 Å². The molecule has 8 nitrogen and oxygen atoms in total. The van der Waals surface area contributed by atoms with Crippen LogP contribution in [0, 0.1) is 16.0 Å². The Bertz CT molecular complexity index is 1170. The van der Waals surface area contributed by atoms with Crippen LogP contribution in [0.1, 0.15) is 41.7 Å². The number of hydrogen-bond donors (Lipinski definition) is 3. The van der Waals surface area contributed by atoms with E-state index in [1.807, 2.05) is 37.3 Å². The van der Waals surface area contributed by atoms with Crippen molar-refractivity contribution in [3.63, 3.8) is 0 Å². The van der Waals surface area contributed by atoms with Crippen molar-refractivity contribution in [3.8, 4) is 0 Å². The molecule has 1 atom stereocenters. The highest BCUT2D eigenvalue weighted by atomic mass is 16.6. The average Bonchev–Trinajstić information content (AvgIpc) is 3.66. The van der Waals surface area contributed by atoms with Gasteiger partial charge in [0.05, 0.1) is 11.0 Å². The molecule has 3 aromatic rings. The minimum absolute atomic E-state index is 0.0379. The first kappa shape index (κ1) is 22.0. The number of carbonyl (C=O) groups excluding carboxylic acids is 2. The Morgan fingerprint density at radius 2 is 1.67 bits per heavy atom. The van der Waals surface area contributed by atoms with Gasteiger partial charge in [-0.2, -0.15) is 0 Å². The first-order valence-electron chi connectivity index (χ1n) is 10.7. The summed E-state index contributed by atoms with van der Waals surface area (Å²) in [5, 5.41) is 20.3. The second-order valence-electron chi connectivity index (χ2n) is 8.06. The Morgan fingerprint density at radius 3 is 2.30 bits per heavy atom. The summed E-state index contributed by atoms with van der Waals surface area (Å²) in [5.74, 6) is -0.250. The maximum atomic E-state index is 12.8. The van der Waals surface area contributed by atoms with E-state index in [2.05, 4.69) is 16.0 Å². The van der Waals surface area contributed by atoms with Crippen molar-refractivity contribution in [2.24, 2.45) is 5.92 Å². The molecular formula is C25H24N4O4. The predicted molar refractivity (Wildman–Crippen MR) is 126 cm³/mol. The van der Waals surface area contributed by atoms with E-state index >= 15 is 0 Å². The fourth-order valence-electron chi connectivity index (χ4n) is 3.41. The van der Waals surface area contributed by atoms with Crippen LogP contribution in [0.3, 0.4) is 0 Å². The van der Waals surface area contributed by atoms with Crippen molar-refractivity contribution in [3.05, 3.63) is 94.0 Å². The topological polar surface area (TPSA) is 113 Å². The van der Waals surface area contributed by atoms with Crippen molar-refractivity contribution in [2.75, 3.05) is 10.6 Å². The summed E-state index contributed by atoms with van der Waals surface area (Å²) >= 11 is 0. The molecule has 4 rings (SSSR count). The van der Waals surface area contributed by atoms with Gasteiger partial charge in [0.15, 0.2) is 0 Å². The predicted octanol–water partition coefficient (Wildman–Crippen LogP) is 5.18. The Morgan fingerprint density at radius 1 is 0.970 bits per heavy atom. The zero-order valence-electron chi connectivity index (χ0n) is 18.1. The fourth-order valence-corrected chi connectivity index (χ4v) is 3.41. The van der Waals surface area contributed by atoms with Crippen LogP contribution in [0.5, 0.6) is 0 Å². The van der Waals surface area contributed by atoms with Crippen molar-refractivity contribution in [1.29, 1.82) is 0 Å². The Hall–Kier alpha value is -4.20. The molecule has 0 aliphatic heterocycles. The smallest absolute Gasteiger partial charge is 0.293 e. The molecule has 0 spiro atoms. The summed E-state index contributed by atoms with van der Waals surface area (Å²) in [7, 11) is 0. The largest absolute Gasteiger partial charge is 0.350 e. The van der Waals surface area contributed by atoms with Gasteiger partial charge in [-0.25, -0.2) is 0 Å². The molecule has 3 aromatic carbocycles. The molecule has 0 heterocycles. The molecule has 1 aliphatic carbocycles. The van der Waals surface area contributed by atoms with Crippen LogP contribution in [0.2, 0.25) is 0 Å². The third-order valence-corrected chi connectivity index (χ3v) is 5.48. The number of para-hydroxylation sites is 1. The summed E-state index contributed by atoms with van der Waals surface area (Å²) < 4.78 is 0. The molecule has 33 heavy (non-hydrogen) atoms. The van der Waals surface area contributed by atoms with Crippen molar-refractivity contribution in [2.45, 2.75) is 25.8 Å². The van der Waals surface area contributed by atoms with Crippen LogP contribution in [-0.2, 0) is 4.79 Å². The average molecular weight is 444 g/mol. The second-order valence-corrected chi connectivity index (χ2v) is 8.06. The maximum Gasteiger partial charge on any atom is 0.293 e. The number of carbonyl (C=O) groups is 2. The summed E-state index contributed by atoms with van der Waals surface area (Å²) in [6.45, 7) is 1.83. The van der Waals surface area contributed by atoms with E-state index in [9.17, 15) is 19.7 Å². The highest BCUT2D eigenvalue weighted by Gasteiger charge is 2.29. The molecule has 168 valence electrons. The first-order chi connectivity index (χ1) is 15.9. The number of nitrogens with one attached hydrogen (secondary N) is 3. The fraction of sp³-hybridized carbons (Fsp3) is 0.200. The zero-order chi connectivity index (χ0) is 23.4. The number of nitro groups is 1. The number of amides is 2. The Kier molecular flexibility index (Phi) is 6.35. The van der Waals surface area contributed by atoms with Crippen LogP contribution in [-0.4, -0.2) is 16.7 Å². The Labute approximate surface area is 191 Å². The van der Waals surface area contributed by atoms with Crippen molar-refractivity contribution >= 4 is 34.6 Å². The van der Waals surface area contributed by atoms with Gasteiger partial charge >= 0.3 is 0 Å². The zero-order valence-corrected chi connectivity index (χ0v) is 18.1. The van der Waals surface area contributed by atoms with Crippen LogP contribution in [0.25, 0.3) is 0 Å². The highest BCUT2D eigenvalue weighted by Crippen LogP contribution is 2.31. The van der Waals surface area contributed by atoms with Gasteiger partial charge in [-0.15, -0.1) is 0 Å². The molecule has 0 aromatic heterocycles. The SMILES string of the molecule is CC(NC(=O)c1ccc(Nc2ccccc2)c([N+](=O)[O-])c1)c1ccc(NC(=O)C2CC2)cc1. The maximum absolute atomic E-state index is 12.8. The second kappa shape index (κ2) is 9.52. The summed E-state index contributed by atoms with van der Waals surface area (Å²) in [5.41, 5.74) is 2.59. The van der Waals surface area contributed by atoms with E-state index in [0.717, 1.165) is 18.4 Å². The summed E-state index contributed by atoms with van der Waals surface area (Å²) in [6.07, 6.45) is 1.88. The van der Waals surface area contributed by atoms with Crippen LogP contribution < -0.4 is 16.0 Å². The lowest BCUT2D eigenvalue weighted by Crippen LogP contribution is -2.26. The molecule has 0 saturated heterocycles. The standard InChI is InChI=1S/C25H24N4O4/c1-16(17-9-12-21(13-10-17)28-24(30)18-7-8-18)26-25(31)19-11-14-22(23(15-19)29(32)33)27-20-5-3-2-4-6-20/h2-6,9-16,18,27H,7-8H2,1H3,(H,26,31)(H,28,30). The first-order valence-corrected chi connectivity index (χ1v) is 10.7. The minimum atomic E-state index is -0.514. The van der Waals surface area contributed by atoms with Gasteiger partial charge in [0.2, 0.25) is 5.91 Å². The lowest BCUT2D eigenvalue weighted by Gasteiger charge is -2.15. The van der Waals surface area contributed by atoms with Crippen LogP contribution in [0.15, 0.2) is 72.8 Å². The third kappa shape index (κ3) is 5.54. The molecule has 1 aliphatic rings. The number of nitrogens with zero attached hydrogens (tertiary/aromatic N) is 1. The molecule has 1 saturated carbocycles. The Balaban J connectivity index is 1.43. The summed E-state index contributed by atoms with van der Waals surface area (Å²) in [4.78, 5) is 35.7. The lowest BCUT2D eigenvalue weighted by molar-refractivity contribution is -0.383. The highest BCUT2D eigenvalue weighted by molar-refractivity contribution is 5.96. The van der Waals surface area contributed by atoms with Gasteiger partial charge in [0.25, 0.3) is 11.6 Å². The van der Waals surface area contributed by atoms with Crippen molar-refractivity contribution in [1.82, 2.24) is 5.32 Å². The molecule has 2 amide bonds. The molecule has 1 unspecified atom stereocenters. The normalized spacial score (nSPS) is 13.6. The van der Waals surface area contributed by atoms with E-state index in [1.165, 1.54) is 12.1 Å². The van der Waals surface area contributed by atoms with Gasteiger partial charge in [-0.3, -0.25) is 19.7 Å². The van der Waals surface area contributed by atoms with Gasteiger partial charge in [-0.1, -0.05) is 30.3 Å². The molecule has 1 fully saturated rings. The number of hydrogen-bond acceptors (Lipinski definition) is 5. The van der Waals surface area contributed by atoms with Gasteiger partial charge in [0.1, 0.15) is 5.69 Å². The quantitative estimate of drug-likeness (QED) is 0.327. The molecule has 0 bridgehead atoms. The van der Waals surface area contributed by atoms with E-state index < -0.39 is 10.8 Å². The lowest BCUT2D eigenvalue weighted by atomic mass is 10.1. The molecule has 0 radical (unpaired) electrons. The number of anilines is 3. The molecule has 3 N–H and O–H groups in total. The molecular weight excluding hydrogens is 420 g/mol. The van der Waals surface area contributed by atoms with Crippen molar-refractivity contribution < 1.29 is 14.5 Å². The number of benzene rings is 3. The number of nitro benzene ring substituents is 1. The van der Waals surface area contributed by atoms with E-state index in [4.69, 9.17) is 0 Å². The number of rotatable bonds is 8. The third-order valence-electron chi connectivity index (χ3n) is 5.48. The molecule has 8 heteroatoms. The van der Waals surface area contributed by atoms with E-state index in [-0.39, 0.29) is 29.1 Å². The van der Waals surface area contributed by atoms with Crippen LogP contribution in [0.4, 0.5) is 22.7 Å².